The van der Waals surface area contributed by atoms with Crippen molar-refractivity contribution in [2.24, 2.45) is 0 Å². The van der Waals surface area contributed by atoms with E-state index in [0.29, 0.717) is 18.9 Å². The fraction of sp³-hybridized carbons (Fsp3) is 0.364. The van der Waals surface area contributed by atoms with Crippen LogP contribution in [-0.2, 0) is 9.53 Å². The van der Waals surface area contributed by atoms with Crippen molar-refractivity contribution in [2.45, 2.75) is 13.8 Å². The molecule has 15 heavy (non-hydrogen) atoms. The molecule has 1 rings (SSSR count). The van der Waals surface area contributed by atoms with Crippen molar-refractivity contribution in [2.75, 3.05) is 13.2 Å². The topological polar surface area (TPSA) is 49.8 Å². The highest BCUT2D eigenvalue weighted by molar-refractivity contribution is 6.04. The summed E-state index contributed by atoms with van der Waals surface area (Å²) in [6.45, 7) is 4.58. The smallest absolute Gasteiger partial charge is 0.220 e. The maximum absolute atomic E-state index is 11.3. The van der Waals surface area contributed by atoms with Gasteiger partial charge in [0.2, 0.25) is 5.78 Å². The van der Waals surface area contributed by atoms with Crippen LogP contribution in [0.4, 0.5) is 0 Å². The summed E-state index contributed by atoms with van der Waals surface area (Å²) >= 11 is 0. The monoisotopic (exact) mass is 209 g/mol. The Hall–Kier alpha value is -1.55. The van der Waals surface area contributed by atoms with Crippen LogP contribution in [0, 0.1) is 0 Å². The third-order valence-corrected chi connectivity index (χ3v) is 1.89. The fourth-order valence-corrected chi connectivity index (χ4v) is 1.14. The van der Waals surface area contributed by atoms with Gasteiger partial charge in [-0.15, -0.1) is 0 Å². The second-order valence-corrected chi connectivity index (χ2v) is 3.02. The van der Waals surface area contributed by atoms with Gasteiger partial charge in [-0.3, -0.25) is 15.1 Å². The summed E-state index contributed by atoms with van der Waals surface area (Å²) in [7, 11) is 0. The van der Waals surface area contributed by atoms with Gasteiger partial charge in [-0.1, -0.05) is 0 Å². The molecule has 0 spiro atoms. The first kappa shape index (κ1) is 11.5. The molecule has 0 fully saturated rings. The van der Waals surface area contributed by atoms with Crippen LogP contribution in [0.15, 0.2) is 35.8 Å². The predicted molar refractivity (Wildman–Crippen MR) is 56.1 cm³/mol. The first-order valence-electron chi connectivity index (χ1n) is 4.91. The molecule has 0 aromatic rings. The Labute approximate surface area is 89.1 Å². The Kier molecular flexibility index (Phi) is 4.12. The number of hydrogen-bond donors (Lipinski definition) is 1. The number of hydroxylamine groups is 2. The van der Waals surface area contributed by atoms with E-state index >= 15 is 0 Å². The summed E-state index contributed by atoms with van der Waals surface area (Å²) < 4.78 is 5.16. The molecule has 0 atom stereocenters. The number of carbonyl (C=O) groups is 1. The molecule has 0 aromatic carbocycles. The molecular weight excluding hydrogens is 194 g/mol. The number of hydrogen-bond acceptors (Lipinski definition) is 4. The van der Waals surface area contributed by atoms with Crippen molar-refractivity contribution >= 4 is 5.78 Å². The van der Waals surface area contributed by atoms with Gasteiger partial charge in [0.25, 0.3) is 0 Å². The van der Waals surface area contributed by atoms with Crippen molar-refractivity contribution in [3.05, 3.63) is 35.8 Å². The standard InChI is InChI=1S/C11H15NO3/c1-3-12(14)8-9-5-6-10(13)11(7-9)15-4-2/h5-8,14H,3-4H2,1-2H3. The maximum atomic E-state index is 11.3. The minimum atomic E-state index is -0.144. The first-order valence-corrected chi connectivity index (χ1v) is 4.91. The van der Waals surface area contributed by atoms with E-state index in [9.17, 15) is 10.0 Å². The van der Waals surface area contributed by atoms with E-state index in [2.05, 4.69) is 0 Å². The Morgan fingerprint density at radius 1 is 1.47 bits per heavy atom. The summed E-state index contributed by atoms with van der Waals surface area (Å²) in [5, 5.41) is 10.3. The van der Waals surface area contributed by atoms with Crippen LogP contribution in [0.1, 0.15) is 13.8 Å². The van der Waals surface area contributed by atoms with Crippen molar-refractivity contribution < 1.29 is 14.7 Å². The third kappa shape index (κ3) is 3.25. The van der Waals surface area contributed by atoms with Crippen molar-refractivity contribution in [3.63, 3.8) is 0 Å². The van der Waals surface area contributed by atoms with Gasteiger partial charge in [0.15, 0.2) is 5.76 Å². The van der Waals surface area contributed by atoms with Crippen LogP contribution < -0.4 is 0 Å². The Morgan fingerprint density at radius 3 is 2.80 bits per heavy atom. The van der Waals surface area contributed by atoms with E-state index in [0.717, 1.165) is 10.6 Å². The van der Waals surface area contributed by atoms with Gasteiger partial charge in [0.05, 0.1) is 6.61 Å². The van der Waals surface area contributed by atoms with Crippen LogP contribution in [0.25, 0.3) is 0 Å². The zero-order valence-corrected chi connectivity index (χ0v) is 8.93. The molecule has 82 valence electrons. The Morgan fingerprint density at radius 2 is 2.20 bits per heavy atom. The number of allylic oxidation sites excluding steroid dienone is 4. The second kappa shape index (κ2) is 5.36. The molecule has 4 nitrogen and oxygen atoms in total. The first-order chi connectivity index (χ1) is 7.17. The zero-order chi connectivity index (χ0) is 11.3. The minimum Gasteiger partial charge on any atom is -0.490 e. The van der Waals surface area contributed by atoms with Crippen LogP contribution in [0.3, 0.4) is 0 Å². The number of nitrogens with zero attached hydrogens (tertiary/aromatic N) is 1. The molecule has 0 bridgehead atoms. The molecule has 1 N–H and O–H groups in total. The average Bonchev–Trinajstić information content (AvgIpc) is 2.23. The molecule has 0 radical (unpaired) electrons. The normalized spacial score (nSPS) is 17.9. The van der Waals surface area contributed by atoms with Crippen LogP contribution in [0.5, 0.6) is 0 Å². The quantitative estimate of drug-likeness (QED) is 0.715. The molecule has 0 saturated heterocycles. The highest BCUT2D eigenvalue weighted by Gasteiger charge is 2.12. The van der Waals surface area contributed by atoms with E-state index in [1.54, 1.807) is 18.4 Å². The molecule has 0 heterocycles. The molecule has 4 heteroatoms. The lowest BCUT2D eigenvalue weighted by molar-refractivity contribution is -0.114. The summed E-state index contributed by atoms with van der Waals surface area (Å²) in [5.74, 6) is 0.172. The van der Waals surface area contributed by atoms with Crippen LogP contribution in [0.2, 0.25) is 0 Å². The van der Waals surface area contributed by atoms with Crippen molar-refractivity contribution in [1.82, 2.24) is 5.06 Å². The van der Waals surface area contributed by atoms with E-state index in [1.807, 2.05) is 13.8 Å². The molecule has 1 aliphatic carbocycles. The van der Waals surface area contributed by atoms with Gasteiger partial charge in [0.1, 0.15) is 0 Å². The lowest BCUT2D eigenvalue weighted by atomic mass is 10.1. The molecule has 0 amide bonds. The molecule has 1 aliphatic rings. The predicted octanol–water partition coefficient (Wildman–Crippen LogP) is 1.64. The highest BCUT2D eigenvalue weighted by atomic mass is 16.5. The van der Waals surface area contributed by atoms with Gasteiger partial charge in [0, 0.05) is 12.7 Å². The lowest BCUT2D eigenvalue weighted by Gasteiger charge is -2.12. The van der Waals surface area contributed by atoms with E-state index in [1.165, 1.54) is 6.08 Å². The van der Waals surface area contributed by atoms with Gasteiger partial charge in [-0.25, -0.2) is 0 Å². The van der Waals surface area contributed by atoms with E-state index in [-0.39, 0.29) is 5.78 Å². The van der Waals surface area contributed by atoms with Gasteiger partial charge < -0.3 is 4.74 Å². The molecular formula is C11H15NO3. The highest BCUT2D eigenvalue weighted by Crippen LogP contribution is 2.14. The Balaban J connectivity index is 2.81. The summed E-state index contributed by atoms with van der Waals surface area (Å²) in [4.78, 5) is 11.3. The Bertz CT molecular complexity index is 329. The van der Waals surface area contributed by atoms with Crippen LogP contribution in [-0.4, -0.2) is 29.2 Å². The van der Waals surface area contributed by atoms with Gasteiger partial charge in [-0.05, 0) is 37.6 Å². The SMILES string of the molecule is CCOC1=CC(=CN(O)CC)C=CC1=O. The minimum absolute atomic E-state index is 0.144. The van der Waals surface area contributed by atoms with Gasteiger partial charge in [-0.2, -0.15) is 0 Å². The lowest BCUT2D eigenvalue weighted by Crippen LogP contribution is -2.12. The zero-order valence-electron chi connectivity index (χ0n) is 8.93. The molecule has 0 aromatic heterocycles. The van der Waals surface area contributed by atoms with E-state index in [4.69, 9.17) is 4.74 Å². The van der Waals surface area contributed by atoms with Crippen LogP contribution >= 0.6 is 0 Å². The molecule has 0 unspecified atom stereocenters. The van der Waals surface area contributed by atoms with Gasteiger partial charge >= 0.3 is 0 Å². The summed E-state index contributed by atoms with van der Waals surface area (Å²) in [5.41, 5.74) is 0.738. The largest absolute Gasteiger partial charge is 0.490 e. The number of ether oxygens (including phenoxy) is 1. The maximum Gasteiger partial charge on any atom is 0.220 e. The number of rotatable bonds is 4. The molecule has 0 saturated carbocycles. The number of carbonyl (C=O) groups excluding carboxylic acids is 1. The number of ketones is 1. The summed E-state index contributed by atoms with van der Waals surface area (Å²) in [6, 6.07) is 0. The summed E-state index contributed by atoms with van der Waals surface area (Å²) in [6.07, 6.45) is 6.23. The van der Waals surface area contributed by atoms with E-state index < -0.39 is 0 Å². The van der Waals surface area contributed by atoms with Crippen molar-refractivity contribution in [1.29, 1.82) is 0 Å². The third-order valence-electron chi connectivity index (χ3n) is 1.89. The average molecular weight is 209 g/mol. The second-order valence-electron chi connectivity index (χ2n) is 3.02. The van der Waals surface area contributed by atoms with Crippen molar-refractivity contribution in [3.8, 4) is 0 Å². The molecule has 0 aliphatic heterocycles. The fourth-order valence-electron chi connectivity index (χ4n) is 1.14.